The van der Waals surface area contributed by atoms with Crippen molar-refractivity contribution in [2.45, 2.75) is 6.92 Å². The van der Waals surface area contributed by atoms with Gasteiger partial charge in [0.15, 0.2) is 11.5 Å². The summed E-state index contributed by atoms with van der Waals surface area (Å²) in [5, 5.41) is 11.7. The lowest BCUT2D eigenvalue weighted by Gasteiger charge is -2.10. The van der Waals surface area contributed by atoms with Gasteiger partial charge in [0.05, 0.1) is 26.7 Å². The van der Waals surface area contributed by atoms with E-state index in [0.29, 0.717) is 39.6 Å². The van der Waals surface area contributed by atoms with Crippen LogP contribution >= 0.6 is 0 Å². The van der Waals surface area contributed by atoms with Crippen LogP contribution in [0.2, 0.25) is 0 Å². The minimum atomic E-state index is 0.107. The zero-order chi connectivity index (χ0) is 22.0. The summed E-state index contributed by atoms with van der Waals surface area (Å²) in [6.45, 7) is 1.95. The van der Waals surface area contributed by atoms with E-state index in [2.05, 4.69) is 0 Å². The molecule has 0 atom stereocenters. The van der Waals surface area contributed by atoms with Gasteiger partial charge in [0, 0.05) is 17.0 Å². The first kappa shape index (κ1) is 20.3. The molecule has 0 aliphatic carbocycles. The number of phenols is 1. The van der Waals surface area contributed by atoms with Crippen molar-refractivity contribution < 1.29 is 23.7 Å². The van der Waals surface area contributed by atoms with Crippen molar-refractivity contribution in [1.82, 2.24) is 0 Å². The Morgan fingerprint density at radius 1 is 0.806 bits per heavy atom. The maximum Gasteiger partial charge on any atom is 0.161 e. The van der Waals surface area contributed by atoms with Crippen molar-refractivity contribution >= 4 is 16.7 Å². The number of phenolic OH excluding ortho intramolecular Hbond substituents is 1. The molecule has 0 saturated heterocycles. The number of benzene rings is 3. The van der Waals surface area contributed by atoms with Crippen LogP contribution in [-0.2, 0) is 0 Å². The first-order valence-corrected chi connectivity index (χ1v) is 9.71. The molecule has 0 spiro atoms. The van der Waals surface area contributed by atoms with Crippen LogP contribution in [0.4, 0.5) is 5.69 Å². The number of hydrogen-bond acceptors (Lipinski definition) is 6. The summed E-state index contributed by atoms with van der Waals surface area (Å²) >= 11 is 0. The van der Waals surface area contributed by atoms with E-state index in [-0.39, 0.29) is 5.75 Å². The van der Waals surface area contributed by atoms with E-state index < -0.39 is 0 Å². The molecule has 1 heterocycles. The van der Waals surface area contributed by atoms with E-state index in [1.807, 2.05) is 61.5 Å². The molecule has 0 aliphatic heterocycles. The number of rotatable bonds is 5. The van der Waals surface area contributed by atoms with Crippen molar-refractivity contribution in [2.75, 3.05) is 21.3 Å². The highest BCUT2D eigenvalue weighted by molar-refractivity contribution is 5.80. The van der Waals surface area contributed by atoms with Crippen molar-refractivity contribution in [1.29, 1.82) is 0 Å². The summed E-state index contributed by atoms with van der Waals surface area (Å²) in [7, 11) is 4.79. The van der Waals surface area contributed by atoms with Crippen LogP contribution in [0, 0.1) is 6.92 Å². The van der Waals surface area contributed by atoms with E-state index >= 15 is 0 Å². The molecule has 0 radical (unpaired) electrons. The highest BCUT2D eigenvalue weighted by atomic mass is 16.5. The lowest BCUT2D eigenvalue weighted by molar-refractivity contribution is 0.355. The van der Waals surface area contributed by atoms with Gasteiger partial charge in [-0.15, -0.1) is 0 Å². The lowest BCUT2D eigenvalue weighted by Crippen LogP contribution is -2.04. The van der Waals surface area contributed by atoms with Gasteiger partial charge in [-0.05, 0) is 61.0 Å². The standard InChI is InChI=1S/C25H23NO5/c1-15-5-8-21(27)20(11-15)26-19-14-24(16-6-9-23(29-3)25(12-16)30-4)31-22-10-7-17(28-2)13-18(19)22/h5-14,27H,1-4H3. The molecule has 0 bridgehead atoms. The molecule has 0 fully saturated rings. The Hall–Kier alpha value is -3.93. The molecule has 4 aromatic rings. The molecule has 6 nitrogen and oxygen atoms in total. The van der Waals surface area contributed by atoms with Gasteiger partial charge in [-0.3, -0.25) is 0 Å². The van der Waals surface area contributed by atoms with Gasteiger partial charge in [0.1, 0.15) is 28.5 Å². The second kappa shape index (κ2) is 8.44. The third-order valence-electron chi connectivity index (χ3n) is 4.99. The molecule has 0 aliphatic rings. The summed E-state index contributed by atoms with van der Waals surface area (Å²) in [6.07, 6.45) is 0. The average Bonchev–Trinajstić information content (AvgIpc) is 2.80. The Morgan fingerprint density at radius 3 is 2.35 bits per heavy atom. The predicted molar refractivity (Wildman–Crippen MR) is 119 cm³/mol. The molecular weight excluding hydrogens is 394 g/mol. The predicted octanol–water partition coefficient (Wildman–Crippen LogP) is 5.37. The zero-order valence-corrected chi connectivity index (χ0v) is 17.8. The van der Waals surface area contributed by atoms with Gasteiger partial charge in [-0.2, -0.15) is 0 Å². The first-order chi connectivity index (χ1) is 15.0. The highest BCUT2D eigenvalue weighted by Crippen LogP contribution is 2.33. The van der Waals surface area contributed by atoms with Gasteiger partial charge < -0.3 is 23.7 Å². The fourth-order valence-corrected chi connectivity index (χ4v) is 3.35. The number of aryl methyl sites for hydroxylation is 1. The normalized spacial score (nSPS) is 11.5. The van der Waals surface area contributed by atoms with Crippen LogP contribution in [0.1, 0.15) is 5.56 Å². The summed E-state index contributed by atoms with van der Waals surface area (Å²) in [6, 6.07) is 18.3. The van der Waals surface area contributed by atoms with E-state index in [9.17, 15) is 5.11 Å². The van der Waals surface area contributed by atoms with Crippen molar-refractivity contribution in [3.05, 3.63) is 71.6 Å². The van der Waals surface area contributed by atoms with Crippen LogP contribution in [0.15, 0.2) is 70.1 Å². The molecule has 158 valence electrons. The highest BCUT2D eigenvalue weighted by Gasteiger charge is 2.11. The maximum atomic E-state index is 10.3. The molecular formula is C25H23NO5. The number of nitrogens with zero attached hydrogens (tertiary/aromatic N) is 1. The average molecular weight is 417 g/mol. The first-order valence-electron chi connectivity index (χ1n) is 9.71. The van der Waals surface area contributed by atoms with Crippen LogP contribution in [0.5, 0.6) is 23.0 Å². The Labute approximate surface area is 180 Å². The quantitative estimate of drug-likeness (QED) is 0.472. The van der Waals surface area contributed by atoms with Crippen LogP contribution in [-0.4, -0.2) is 26.4 Å². The summed E-state index contributed by atoms with van der Waals surface area (Å²) < 4.78 is 22.3. The Bertz CT molecular complexity index is 1320. The van der Waals surface area contributed by atoms with E-state index in [1.54, 1.807) is 27.4 Å². The monoisotopic (exact) mass is 417 g/mol. The van der Waals surface area contributed by atoms with Crippen LogP contribution in [0.25, 0.3) is 22.3 Å². The summed E-state index contributed by atoms with van der Waals surface area (Å²) in [5.41, 5.74) is 2.92. The van der Waals surface area contributed by atoms with Gasteiger partial charge in [-0.25, -0.2) is 4.99 Å². The number of aromatic hydroxyl groups is 1. The number of methoxy groups -OCH3 is 3. The second-order valence-electron chi connectivity index (χ2n) is 7.03. The maximum absolute atomic E-state index is 10.3. The van der Waals surface area contributed by atoms with Crippen molar-refractivity contribution in [3.8, 4) is 34.3 Å². The molecule has 1 aromatic heterocycles. The Morgan fingerprint density at radius 2 is 1.61 bits per heavy atom. The minimum absolute atomic E-state index is 0.107. The smallest absolute Gasteiger partial charge is 0.161 e. The van der Waals surface area contributed by atoms with Crippen molar-refractivity contribution in [3.63, 3.8) is 0 Å². The van der Waals surface area contributed by atoms with Gasteiger partial charge in [0.2, 0.25) is 0 Å². The molecule has 0 amide bonds. The minimum Gasteiger partial charge on any atom is -0.506 e. The second-order valence-corrected chi connectivity index (χ2v) is 7.03. The van der Waals surface area contributed by atoms with Gasteiger partial charge >= 0.3 is 0 Å². The van der Waals surface area contributed by atoms with E-state index in [4.69, 9.17) is 23.6 Å². The van der Waals surface area contributed by atoms with E-state index in [0.717, 1.165) is 16.5 Å². The fourth-order valence-electron chi connectivity index (χ4n) is 3.35. The zero-order valence-electron chi connectivity index (χ0n) is 17.8. The third-order valence-corrected chi connectivity index (χ3v) is 4.99. The number of fused-ring (bicyclic) bond motifs is 1. The number of ether oxygens (including phenoxy) is 3. The molecule has 0 unspecified atom stereocenters. The van der Waals surface area contributed by atoms with Crippen molar-refractivity contribution in [2.24, 2.45) is 4.99 Å². The van der Waals surface area contributed by atoms with Gasteiger partial charge in [0.25, 0.3) is 0 Å². The molecule has 6 heteroatoms. The lowest BCUT2D eigenvalue weighted by atomic mass is 10.1. The van der Waals surface area contributed by atoms with Crippen LogP contribution < -0.4 is 19.6 Å². The largest absolute Gasteiger partial charge is 0.506 e. The SMILES string of the molecule is COc1ccc2oc(-c3ccc(OC)c(OC)c3)cc(=Nc3cc(C)ccc3O)c2c1. The Kier molecular flexibility index (Phi) is 5.54. The third kappa shape index (κ3) is 4.05. The molecule has 3 aromatic carbocycles. The summed E-state index contributed by atoms with van der Waals surface area (Å²) in [4.78, 5) is 4.75. The fraction of sp³-hybridized carbons (Fsp3) is 0.160. The molecule has 1 N–H and O–H groups in total. The van der Waals surface area contributed by atoms with E-state index in [1.165, 1.54) is 0 Å². The van der Waals surface area contributed by atoms with Gasteiger partial charge in [-0.1, -0.05) is 6.07 Å². The number of hydrogen-bond donors (Lipinski definition) is 1. The van der Waals surface area contributed by atoms with Crippen LogP contribution in [0.3, 0.4) is 0 Å². The molecule has 0 saturated carbocycles. The molecule has 31 heavy (non-hydrogen) atoms. The molecule has 4 rings (SSSR count). The summed E-state index contributed by atoms with van der Waals surface area (Å²) in [5.74, 6) is 2.62. The Balaban J connectivity index is 2.00. The topological polar surface area (TPSA) is 73.4 Å².